The van der Waals surface area contributed by atoms with Crippen molar-refractivity contribution < 1.29 is 9.21 Å². The standard InChI is InChI=1S/C23H24N2O3/c1-24(16-18-10-3-5-11-20(18)25-13-7-2-8-14-25)22(26)19-15-17-9-4-6-12-21(17)28-23(19)27/h3-6,9-12,15H,2,7-8,13-14,16H2,1H3. The van der Waals surface area contributed by atoms with Gasteiger partial charge in [-0.1, -0.05) is 36.4 Å². The van der Waals surface area contributed by atoms with Crippen LogP contribution in [0, 0.1) is 0 Å². The largest absolute Gasteiger partial charge is 0.422 e. The lowest BCUT2D eigenvalue weighted by molar-refractivity contribution is 0.0781. The molecule has 4 rings (SSSR count). The summed E-state index contributed by atoms with van der Waals surface area (Å²) >= 11 is 0. The Kier molecular flexibility index (Phi) is 5.15. The molecule has 5 heteroatoms. The van der Waals surface area contributed by atoms with Crippen LogP contribution in [-0.4, -0.2) is 30.9 Å². The fraction of sp³-hybridized carbons (Fsp3) is 0.304. The molecule has 5 nitrogen and oxygen atoms in total. The van der Waals surface area contributed by atoms with E-state index in [9.17, 15) is 9.59 Å². The van der Waals surface area contributed by atoms with Gasteiger partial charge in [0.05, 0.1) is 0 Å². The van der Waals surface area contributed by atoms with Crippen LogP contribution in [0.2, 0.25) is 0 Å². The topological polar surface area (TPSA) is 53.8 Å². The summed E-state index contributed by atoms with van der Waals surface area (Å²) < 4.78 is 5.32. The molecule has 3 aromatic rings. The van der Waals surface area contributed by atoms with E-state index in [1.807, 2.05) is 24.3 Å². The van der Waals surface area contributed by atoms with E-state index in [1.54, 1.807) is 30.1 Å². The first kappa shape index (κ1) is 18.3. The summed E-state index contributed by atoms with van der Waals surface area (Å²) in [5.74, 6) is -0.326. The Balaban J connectivity index is 1.59. The van der Waals surface area contributed by atoms with Crippen LogP contribution in [-0.2, 0) is 6.54 Å². The molecule has 1 aliphatic heterocycles. The average molecular weight is 376 g/mol. The van der Waals surface area contributed by atoms with Gasteiger partial charge >= 0.3 is 5.63 Å². The summed E-state index contributed by atoms with van der Waals surface area (Å²) in [5.41, 5.74) is 2.22. The fourth-order valence-corrected chi connectivity index (χ4v) is 3.83. The lowest BCUT2D eigenvalue weighted by Gasteiger charge is -2.31. The lowest BCUT2D eigenvalue weighted by atomic mass is 10.1. The SMILES string of the molecule is CN(Cc1ccccc1N1CCCCC1)C(=O)c1cc2ccccc2oc1=O. The highest BCUT2D eigenvalue weighted by Gasteiger charge is 2.20. The number of piperidine rings is 1. The van der Waals surface area contributed by atoms with Crippen molar-refractivity contribution >= 4 is 22.6 Å². The number of hydrogen-bond donors (Lipinski definition) is 0. The first-order chi connectivity index (χ1) is 13.6. The third kappa shape index (κ3) is 3.65. The molecule has 2 aromatic carbocycles. The van der Waals surface area contributed by atoms with Crippen molar-refractivity contribution in [3.05, 3.63) is 76.1 Å². The van der Waals surface area contributed by atoms with E-state index in [4.69, 9.17) is 4.42 Å². The van der Waals surface area contributed by atoms with Crippen LogP contribution in [0.1, 0.15) is 35.2 Å². The molecule has 0 aliphatic carbocycles. The van der Waals surface area contributed by atoms with Gasteiger partial charge < -0.3 is 14.2 Å². The number of carbonyl (C=O) groups excluding carboxylic acids is 1. The Bertz CT molecular complexity index is 1050. The maximum Gasteiger partial charge on any atom is 0.349 e. The summed E-state index contributed by atoms with van der Waals surface area (Å²) in [4.78, 5) is 29.3. The summed E-state index contributed by atoms with van der Waals surface area (Å²) in [6.45, 7) is 2.53. The molecule has 144 valence electrons. The van der Waals surface area contributed by atoms with Crippen molar-refractivity contribution in [2.24, 2.45) is 0 Å². The summed E-state index contributed by atoms with van der Waals surface area (Å²) in [6.07, 6.45) is 3.66. The maximum atomic E-state index is 13.0. The van der Waals surface area contributed by atoms with Gasteiger partial charge in [-0.25, -0.2) is 4.79 Å². The highest BCUT2D eigenvalue weighted by Crippen LogP contribution is 2.25. The second kappa shape index (κ2) is 7.89. The number of carbonyl (C=O) groups is 1. The zero-order valence-corrected chi connectivity index (χ0v) is 16.1. The van der Waals surface area contributed by atoms with Gasteiger partial charge in [0, 0.05) is 37.8 Å². The molecule has 1 aliphatic rings. The van der Waals surface area contributed by atoms with Crippen LogP contribution < -0.4 is 10.5 Å². The highest BCUT2D eigenvalue weighted by molar-refractivity contribution is 5.96. The number of para-hydroxylation sites is 2. The molecule has 28 heavy (non-hydrogen) atoms. The van der Waals surface area contributed by atoms with E-state index < -0.39 is 5.63 Å². The number of benzene rings is 2. The number of fused-ring (bicyclic) bond motifs is 1. The molecule has 1 aromatic heterocycles. The minimum atomic E-state index is -0.597. The number of hydrogen-bond acceptors (Lipinski definition) is 4. The molecule has 0 atom stereocenters. The molecular weight excluding hydrogens is 352 g/mol. The van der Waals surface area contributed by atoms with Gasteiger partial charge in [0.15, 0.2) is 0 Å². The average Bonchev–Trinajstić information content (AvgIpc) is 2.73. The van der Waals surface area contributed by atoms with Crippen LogP contribution in [0.4, 0.5) is 5.69 Å². The Labute approximate surface area is 164 Å². The summed E-state index contributed by atoms with van der Waals surface area (Å²) in [7, 11) is 1.73. The minimum Gasteiger partial charge on any atom is -0.422 e. The lowest BCUT2D eigenvalue weighted by Crippen LogP contribution is -2.33. The van der Waals surface area contributed by atoms with E-state index in [2.05, 4.69) is 17.0 Å². The summed E-state index contributed by atoms with van der Waals surface area (Å²) in [6, 6.07) is 17.0. The zero-order valence-electron chi connectivity index (χ0n) is 16.1. The zero-order chi connectivity index (χ0) is 19.5. The molecule has 1 amide bonds. The molecule has 0 saturated carbocycles. The van der Waals surface area contributed by atoms with Crippen LogP contribution in [0.25, 0.3) is 11.0 Å². The van der Waals surface area contributed by atoms with Gasteiger partial charge in [-0.2, -0.15) is 0 Å². The first-order valence-electron chi connectivity index (χ1n) is 9.75. The van der Waals surface area contributed by atoms with Gasteiger partial charge in [0.25, 0.3) is 5.91 Å². The normalized spacial score (nSPS) is 14.2. The Hall–Kier alpha value is -3.08. The van der Waals surface area contributed by atoms with Crippen LogP contribution in [0.3, 0.4) is 0 Å². The molecule has 2 heterocycles. The predicted octanol–water partition coefficient (Wildman–Crippen LogP) is 4.06. The Morgan fingerprint density at radius 2 is 1.75 bits per heavy atom. The predicted molar refractivity (Wildman–Crippen MR) is 111 cm³/mol. The van der Waals surface area contributed by atoms with E-state index in [-0.39, 0.29) is 11.5 Å². The molecule has 0 N–H and O–H groups in total. The quantitative estimate of drug-likeness (QED) is 0.645. The Morgan fingerprint density at radius 3 is 2.57 bits per heavy atom. The van der Waals surface area contributed by atoms with Crippen molar-refractivity contribution in [1.29, 1.82) is 0 Å². The van der Waals surface area contributed by atoms with E-state index in [1.165, 1.54) is 24.9 Å². The van der Waals surface area contributed by atoms with Crippen LogP contribution in [0.5, 0.6) is 0 Å². The van der Waals surface area contributed by atoms with Gasteiger partial charge in [-0.15, -0.1) is 0 Å². The molecule has 0 radical (unpaired) electrons. The van der Waals surface area contributed by atoms with Crippen LogP contribution >= 0.6 is 0 Å². The molecule has 0 spiro atoms. The monoisotopic (exact) mass is 376 g/mol. The maximum absolute atomic E-state index is 13.0. The van der Waals surface area contributed by atoms with Crippen LogP contribution in [0.15, 0.2) is 63.8 Å². The highest BCUT2D eigenvalue weighted by atomic mass is 16.4. The molecule has 0 bridgehead atoms. The van der Waals surface area contributed by atoms with Gasteiger partial charge in [-0.05, 0) is 43.0 Å². The molecule has 1 fully saturated rings. The first-order valence-corrected chi connectivity index (χ1v) is 9.75. The second-order valence-electron chi connectivity index (χ2n) is 7.32. The fourth-order valence-electron chi connectivity index (χ4n) is 3.83. The number of rotatable bonds is 4. The van der Waals surface area contributed by atoms with Gasteiger partial charge in [0.1, 0.15) is 11.1 Å². The Morgan fingerprint density at radius 1 is 1.04 bits per heavy atom. The van der Waals surface area contributed by atoms with Crippen molar-refractivity contribution in [2.45, 2.75) is 25.8 Å². The van der Waals surface area contributed by atoms with E-state index in [0.717, 1.165) is 24.0 Å². The van der Waals surface area contributed by atoms with E-state index >= 15 is 0 Å². The van der Waals surface area contributed by atoms with Gasteiger partial charge in [0.2, 0.25) is 0 Å². The number of anilines is 1. The number of amides is 1. The van der Waals surface area contributed by atoms with Crippen molar-refractivity contribution in [3.63, 3.8) is 0 Å². The van der Waals surface area contributed by atoms with Crippen molar-refractivity contribution in [2.75, 3.05) is 25.0 Å². The second-order valence-corrected chi connectivity index (χ2v) is 7.32. The minimum absolute atomic E-state index is 0.0663. The third-order valence-electron chi connectivity index (χ3n) is 5.31. The van der Waals surface area contributed by atoms with Crippen molar-refractivity contribution in [3.8, 4) is 0 Å². The van der Waals surface area contributed by atoms with Gasteiger partial charge in [-0.3, -0.25) is 4.79 Å². The summed E-state index contributed by atoms with van der Waals surface area (Å²) in [5, 5.41) is 0.743. The smallest absolute Gasteiger partial charge is 0.349 e. The molecule has 1 saturated heterocycles. The molecule has 0 unspecified atom stereocenters. The van der Waals surface area contributed by atoms with Crippen molar-refractivity contribution in [1.82, 2.24) is 4.90 Å². The number of nitrogens with zero attached hydrogens (tertiary/aromatic N) is 2. The third-order valence-corrected chi connectivity index (χ3v) is 5.31. The molecular formula is C23H24N2O3. The van der Waals surface area contributed by atoms with E-state index in [0.29, 0.717) is 12.1 Å².